The van der Waals surface area contributed by atoms with Gasteiger partial charge >= 0.3 is 5.97 Å². The monoisotopic (exact) mass is 280 g/mol. The van der Waals surface area contributed by atoms with Crippen LogP contribution in [0.4, 0.5) is 0 Å². The van der Waals surface area contributed by atoms with Crippen LogP contribution in [-0.2, 0) is 4.74 Å². The Balaban J connectivity index is 2.14. The molecule has 0 bridgehead atoms. The first kappa shape index (κ1) is 14.7. The lowest BCUT2D eigenvalue weighted by atomic mass is 9.95. The maximum absolute atomic E-state index is 11.3. The van der Waals surface area contributed by atoms with Crippen LogP contribution < -0.4 is 9.47 Å². The van der Waals surface area contributed by atoms with Gasteiger partial charge in [0.15, 0.2) is 0 Å². The number of methoxy groups -OCH3 is 2. The molecule has 0 aliphatic heterocycles. The SMILES string of the molecule is COc1ccc(OC2CCCC(OC)C2)c(C(=O)O)c1. The number of carbonyl (C=O) groups is 1. The van der Waals surface area contributed by atoms with Crippen LogP contribution in [0, 0.1) is 0 Å². The van der Waals surface area contributed by atoms with Crippen molar-refractivity contribution >= 4 is 5.97 Å². The van der Waals surface area contributed by atoms with Gasteiger partial charge in [-0.25, -0.2) is 4.79 Å². The molecule has 110 valence electrons. The van der Waals surface area contributed by atoms with E-state index >= 15 is 0 Å². The van der Waals surface area contributed by atoms with Crippen LogP contribution in [0.3, 0.4) is 0 Å². The molecule has 0 saturated heterocycles. The lowest BCUT2D eigenvalue weighted by Gasteiger charge is -2.29. The summed E-state index contributed by atoms with van der Waals surface area (Å²) in [6, 6.07) is 4.84. The van der Waals surface area contributed by atoms with Gasteiger partial charge in [0.25, 0.3) is 0 Å². The van der Waals surface area contributed by atoms with Crippen molar-refractivity contribution in [3.05, 3.63) is 23.8 Å². The Morgan fingerprint density at radius 2 is 2.00 bits per heavy atom. The van der Waals surface area contributed by atoms with Crippen LogP contribution >= 0.6 is 0 Å². The molecule has 0 spiro atoms. The van der Waals surface area contributed by atoms with E-state index in [0.29, 0.717) is 11.5 Å². The highest BCUT2D eigenvalue weighted by Crippen LogP contribution is 2.29. The van der Waals surface area contributed by atoms with Gasteiger partial charge in [-0.2, -0.15) is 0 Å². The molecule has 1 aromatic rings. The Kier molecular flexibility index (Phi) is 4.84. The molecule has 1 N–H and O–H groups in total. The summed E-state index contributed by atoms with van der Waals surface area (Å²) in [7, 11) is 3.20. The number of aromatic carboxylic acids is 1. The highest BCUT2D eigenvalue weighted by Gasteiger charge is 2.24. The van der Waals surface area contributed by atoms with Gasteiger partial charge in [-0.15, -0.1) is 0 Å². The summed E-state index contributed by atoms with van der Waals surface area (Å²) in [5.74, 6) is -0.119. The Morgan fingerprint density at radius 1 is 1.25 bits per heavy atom. The summed E-state index contributed by atoms with van der Waals surface area (Å²) in [6.45, 7) is 0. The van der Waals surface area contributed by atoms with Gasteiger partial charge in [0, 0.05) is 13.5 Å². The minimum Gasteiger partial charge on any atom is -0.497 e. The van der Waals surface area contributed by atoms with Crippen LogP contribution in [0.5, 0.6) is 11.5 Å². The lowest BCUT2D eigenvalue weighted by molar-refractivity contribution is 0.0204. The summed E-state index contributed by atoms with van der Waals surface area (Å²) in [6.07, 6.45) is 3.97. The van der Waals surface area contributed by atoms with Gasteiger partial charge in [-0.3, -0.25) is 0 Å². The first-order valence-corrected chi connectivity index (χ1v) is 6.74. The van der Waals surface area contributed by atoms with Crippen molar-refractivity contribution in [3.8, 4) is 11.5 Å². The Bertz CT molecular complexity index is 471. The van der Waals surface area contributed by atoms with Gasteiger partial charge in [0.1, 0.15) is 23.2 Å². The molecular formula is C15H20O5. The van der Waals surface area contributed by atoms with Gasteiger partial charge in [0.05, 0.1) is 13.2 Å². The van der Waals surface area contributed by atoms with Gasteiger partial charge in [-0.05, 0) is 37.5 Å². The van der Waals surface area contributed by atoms with Crippen molar-refractivity contribution < 1.29 is 24.1 Å². The molecule has 1 saturated carbocycles. The topological polar surface area (TPSA) is 65.0 Å². The lowest BCUT2D eigenvalue weighted by Crippen LogP contribution is -2.29. The van der Waals surface area contributed by atoms with E-state index in [2.05, 4.69) is 0 Å². The van der Waals surface area contributed by atoms with Crippen LogP contribution in [0.1, 0.15) is 36.0 Å². The van der Waals surface area contributed by atoms with Crippen molar-refractivity contribution in [2.75, 3.05) is 14.2 Å². The number of rotatable bonds is 5. The number of hydrogen-bond acceptors (Lipinski definition) is 4. The van der Waals surface area contributed by atoms with Crippen molar-refractivity contribution in [2.45, 2.75) is 37.9 Å². The number of ether oxygens (including phenoxy) is 3. The van der Waals surface area contributed by atoms with E-state index in [1.165, 1.54) is 13.2 Å². The van der Waals surface area contributed by atoms with Crippen LogP contribution in [0.15, 0.2) is 18.2 Å². The van der Waals surface area contributed by atoms with Crippen LogP contribution in [-0.4, -0.2) is 37.5 Å². The Morgan fingerprint density at radius 3 is 2.65 bits per heavy atom. The molecule has 0 radical (unpaired) electrons. The summed E-state index contributed by atoms with van der Waals surface area (Å²) in [4.78, 5) is 11.3. The number of carboxylic acids is 1. The first-order chi connectivity index (χ1) is 9.63. The molecule has 1 aliphatic carbocycles. The number of carboxylic acid groups (broad SMARTS) is 1. The standard InChI is InChI=1S/C15H20O5/c1-18-10-4-3-5-12(8-10)20-14-7-6-11(19-2)9-13(14)15(16)17/h6-7,9-10,12H,3-5,8H2,1-2H3,(H,16,17). The minimum atomic E-state index is -1.02. The fraction of sp³-hybridized carbons (Fsp3) is 0.533. The predicted octanol–water partition coefficient (Wildman–Crippen LogP) is 2.73. The molecule has 2 unspecified atom stereocenters. The zero-order valence-corrected chi connectivity index (χ0v) is 11.8. The molecule has 0 heterocycles. The van der Waals surface area contributed by atoms with Crippen LogP contribution in [0.2, 0.25) is 0 Å². The van der Waals surface area contributed by atoms with Crippen molar-refractivity contribution in [1.82, 2.24) is 0 Å². The number of hydrogen-bond donors (Lipinski definition) is 1. The number of benzene rings is 1. The minimum absolute atomic E-state index is 0.000180. The van der Waals surface area contributed by atoms with Crippen molar-refractivity contribution in [2.24, 2.45) is 0 Å². The maximum atomic E-state index is 11.3. The fourth-order valence-electron chi connectivity index (χ4n) is 2.51. The van der Waals surface area contributed by atoms with E-state index in [0.717, 1.165) is 25.7 Å². The van der Waals surface area contributed by atoms with Crippen molar-refractivity contribution in [3.63, 3.8) is 0 Å². The molecular weight excluding hydrogens is 260 g/mol. The van der Waals surface area contributed by atoms with E-state index in [4.69, 9.17) is 14.2 Å². The molecule has 1 aliphatic rings. The molecule has 0 amide bonds. The summed E-state index contributed by atoms with van der Waals surface area (Å²) < 4.78 is 16.3. The summed E-state index contributed by atoms with van der Waals surface area (Å²) >= 11 is 0. The second-order valence-electron chi connectivity index (χ2n) is 4.93. The normalized spacial score (nSPS) is 22.3. The Hall–Kier alpha value is -1.75. The van der Waals surface area contributed by atoms with E-state index in [1.54, 1.807) is 19.2 Å². The molecule has 2 rings (SSSR count). The van der Waals surface area contributed by atoms with Gasteiger partial charge in [-0.1, -0.05) is 0 Å². The largest absolute Gasteiger partial charge is 0.497 e. The van der Waals surface area contributed by atoms with E-state index in [9.17, 15) is 9.90 Å². The second-order valence-corrected chi connectivity index (χ2v) is 4.93. The molecule has 5 nitrogen and oxygen atoms in total. The average molecular weight is 280 g/mol. The van der Waals surface area contributed by atoms with Crippen LogP contribution in [0.25, 0.3) is 0 Å². The quantitative estimate of drug-likeness (QED) is 0.898. The van der Waals surface area contributed by atoms with E-state index < -0.39 is 5.97 Å². The predicted molar refractivity (Wildman–Crippen MR) is 73.6 cm³/mol. The zero-order valence-electron chi connectivity index (χ0n) is 11.8. The molecule has 1 aromatic carbocycles. The van der Waals surface area contributed by atoms with Gasteiger partial charge < -0.3 is 19.3 Å². The third-order valence-electron chi connectivity index (χ3n) is 3.62. The molecule has 1 fully saturated rings. The average Bonchev–Trinajstić information content (AvgIpc) is 2.47. The highest BCUT2D eigenvalue weighted by molar-refractivity contribution is 5.91. The summed E-state index contributed by atoms with van der Waals surface area (Å²) in [5.41, 5.74) is 0.129. The molecule has 20 heavy (non-hydrogen) atoms. The molecule has 2 atom stereocenters. The highest BCUT2D eigenvalue weighted by atomic mass is 16.5. The Labute approximate surface area is 118 Å². The molecule has 0 aromatic heterocycles. The van der Waals surface area contributed by atoms with E-state index in [-0.39, 0.29) is 17.8 Å². The smallest absolute Gasteiger partial charge is 0.339 e. The first-order valence-electron chi connectivity index (χ1n) is 6.74. The van der Waals surface area contributed by atoms with E-state index in [1.807, 2.05) is 0 Å². The third-order valence-corrected chi connectivity index (χ3v) is 3.62. The molecule has 5 heteroatoms. The third kappa shape index (κ3) is 3.42. The maximum Gasteiger partial charge on any atom is 0.339 e. The van der Waals surface area contributed by atoms with Gasteiger partial charge in [0.2, 0.25) is 0 Å². The zero-order chi connectivity index (χ0) is 14.5. The van der Waals surface area contributed by atoms with Crippen molar-refractivity contribution in [1.29, 1.82) is 0 Å². The second kappa shape index (κ2) is 6.61. The fourth-order valence-corrected chi connectivity index (χ4v) is 2.51. The summed E-state index contributed by atoms with van der Waals surface area (Å²) in [5, 5.41) is 9.25.